The fourth-order valence-corrected chi connectivity index (χ4v) is 2.47. The van der Waals surface area contributed by atoms with Crippen molar-refractivity contribution in [3.05, 3.63) is 53.6 Å². The smallest absolute Gasteiger partial charge is 0.262 e. The maximum Gasteiger partial charge on any atom is 0.262 e. The third-order valence-corrected chi connectivity index (χ3v) is 4.21. The zero-order valence-electron chi connectivity index (χ0n) is 16.7. The molecule has 5 heteroatoms. The number of ether oxygens (including phenoxy) is 1. The summed E-state index contributed by atoms with van der Waals surface area (Å²) in [6.07, 6.45) is 0.401. The number of hydrogen-bond donors (Lipinski definition) is 2. The van der Waals surface area contributed by atoms with Crippen LogP contribution in [0, 0.1) is 6.92 Å². The average molecular weight is 368 g/mol. The lowest BCUT2D eigenvalue weighted by molar-refractivity contribution is -0.118. The molecule has 144 valence electrons. The third-order valence-electron chi connectivity index (χ3n) is 4.21. The highest BCUT2D eigenvalue weighted by Gasteiger charge is 2.13. The second kappa shape index (κ2) is 8.71. The van der Waals surface area contributed by atoms with Gasteiger partial charge in [0.2, 0.25) is 5.91 Å². The van der Waals surface area contributed by atoms with E-state index in [-0.39, 0.29) is 23.8 Å². The zero-order valence-corrected chi connectivity index (χ0v) is 16.7. The molecule has 0 aliphatic rings. The third kappa shape index (κ3) is 6.13. The summed E-state index contributed by atoms with van der Waals surface area (Å²) >= 11 is 0. The molecule has 2 rings (SSSR count). The first-order valence-electron chi connectivity index (χ1n) is 9.12. The normalized spacial score (nSPS) is 11.0. The first-order chi connectivity index (χ1) is 12.7. The van der Waals surface area contributed by atoms with Crippen molar-refractivity contribution >= 4 is 23.2 Å². The summed E-state index contributed by atoms with van der Waals surface area (Å²) < 4.78 is 5.56. The van der Waals surface area contributed by atoms with Crippen LogP contribution in [0.5, 0.6) is 5.75 Å². The van der Waals surface area contributed by atoms with Gasteiger partial charge in [-0.25, -0.2) is 0 Å². The van der Waals surface area contributed by atoms with Crippen molar-refractivity contribution in [3.63, 3.8) is 0 Å². The summed E-state index contributed by atoms with van der Waals surface area (Å²) in [4.78, 5) is 23.8. The molecule has 0 fully saturated rings. The monoisotopic (exact) mass is 368 g/mol. The Morgan fingerprint density at radius 3 is 2.22 bits per heavy atom. The fourth-order valence-electron chi connectivity index (χ4n) is 2.47. The zero-order chi connectivity index (χ0) is 20.0. The molecule has 0 heterocycles. The van der Waals surface area contributed by atoms with E-state index in [1.807, 2.05) is 37.3 Å². The van der Waals surface area contributed by atoms with E-state index in [9.17, 15) is 9.59 Å². The SMILES string of the molecule is CCC(=O)Nc1cc(NC(=O)COc2ccc(C(C)(C)C)cc2)ccc1C. The van der Waals surface area contributed by atoms with E-state index in [4.69, 9.17) is 4.74 Å². The predicted octanol–water partition coefficient (Wildman–Crippen LogP) is 4.66. The standard InChI is InChI=1S/C22H28N2O3/c1-6-20(25)24-19-13-17(10-7-15(19)2)23-21(26)14-27-18-11-8-16(9-12-18)22(3,4)5/h7-13H,6,14H2,1-5H3,(H,23,26)(H,24,25). The Balaban J connectivity index is 1.94. The number of hydrogen-bond acceptors (Lipinski definition) is 3. The van der Waals surface area contributed by atoms with Crippen LogP contribution in [0.2, 0.25) is 0 Å². The van der Waals surface area contributed by atoms with Crippen molar-refractivity contribution in [2.75, 3.05) is 17.2 Å². The Labute approximate surface area is 161 Å². The summed E-state index contributed by atoms with van der Waals surface area (Å²) in [6.45, 7) is 10.1. The molecule has 0 radical (unpaired) electrons. The van der Waals surface area contributed by atoms with Gasteiger partial charge in [0.05, 0.1) is 0 Å². The molecule has 2 amide bonds. The number of carbonyl (C=O) groups excluding carboxylic acids is 2. The number of amides is 2. The minimum absolute atomic E-state index is 0.0661. The number of rotatable bonds is 6. The molecule has 0 bridgehead atoms. The average Bonchev–Trinajstić information content (AvgIpc) is 2.62. The Morgan fingerprint density at radius 2 is 1.63 bits per heavy atom. The van der Waals surface area contributed by atoms with Crippen LogP contribution in [0.15, 0.2) is 42.5 Å². The Morgan fingerprint density at radius 1 is 0.963 bits per heavy atom. The van der Waals surface area contributed by atoms with Gasteiger partial charge >= 0.3 is 0 Å². The second-order valence-electron chi connectivity index (χ2n) is 7.54. The van der Waals surface area contributed by atoms with Gasteiger partial charge in [0.25, 0.3) is 5.91 Å². The maximum absolute atomic E-state index is 12.2. The van der Waals surface area contributed by atoms with Crippen molar-refractivity contribution in [1.82, 2.24) is 0 Å². The first kappa shape index (κ1) is 20.5. The van der Waals surface area contributed by atoms with Crippen LogP contribution in [-0.4, -0.2) is 18.4 Å². The van der Waals surface area contributed by atoms with Crippen molar-refractivity contribution < 1.29 is 14.3 Å². The van der Waals surface area contributed by atoms with Crippen LogP contribution in [-0.2, 0) is 15.0 Å². The van der Waals surface area contributed by atoms with Crippen LogP contribution in [0.3, 0.4) is 0 Å². The lowest BCUT2D eigenvalue weighted by atomic mass is 9.87. The molecule has 0 aliphatic heterocycles. The van der Waals surface area contributed by atoms with E-state index in [1.165, 1.54) is 5.56 Å². The summed E-state index contributed by atoms with van der Waals surface area (Å²) in [5, 5.41) is 5.62. The molecule has 0 saturated heterocycles. The van der Waals surface area contributed by atoms with E-state index in [0.29, 0.717) is 23.5 Å². The van der Waals surface area contributed by atoms with E-state index in [0.717, 1.165) is 5.56 Å². The largest absolute Gasteiger partial charge is 0.484 e. The molecular formula is C22H28N2O3. The summed E-state index contributed by atoms with van der Waals surface area (Å²) in [6, 6.07) is 13.2. The van der Waals surface area contributed by atoms with E-state index in [2.05, 4.69) is 31.4 Å². The molecule has 0 aliphatic carbocycles. The number of benzene rings is 2. The quantitative estimate of drug-likeness (QED) is 0.779. The van der Waals surface area contributed by atoms with Gasteiger partial charge in [0.15, 0.2) is 6.61 Å². The molecule has 0 spiro atoms. The fraction of sp³-hybridized carbons (Fsp3) is 0.364. The van der Waals surface area contributed by atoms with Gasteiger partial charge in [-0.2, -0.15) is 0 Å². The van der Waals surface area contributed by atoms with Crippen molar-refractivity contribution in [2.45, 2.75) is 46.5 Å². The Hall–Kier alpha value is -2.82. The highest BCUT2D eigenvalue weighted by Crippen LogP contribution is 2.24. The number of carbonyl (C=O) groups is 2. The first-order valence-corrected chi connectivity index (χ1v) is 9.12. The van der Waals surface area contributed by atoms with Crippen LogP contribution >= 0.6 is 0 Å². The highest BCUT2D eigenvalue weighted by atomic mass is 16.5. The molecule has 2 aromatic rings. The second-order valence-corrected chi connectivity index (χ2v) is 7.54. The molecule has 2 N–H and O–H groups in total. The minimum atomic E-state index is -0.258. The van der Waals surface area contributed by atoms with Gasteiger partial charge in [-0.05, 0) is 47.7 Å². The molecule has 5 nitrogen and oxygen atoms in total. The van der Waals surface area contributed by atoms with Crippen molar-refractivity contribution in [3.8, 4) is 5.75 Å². The number of nitrogens with one attached hydrogen (secondary N) is 2. The number of anilines is 2. The molecule has 0 saturated carbocycles. The van der Waals surface area contributed by atoms with E-state index >= 15 is 0 Å². The van der Waals surface area contributed by atoms with Gasteiger partial charge in [-0.1, -0.05) is 45.9 Å². The van der Waals surface area contributed by atoms with E-state index in [1.54, 1.807) is 19.1 Å². The Kier molecular flexibility index (Phi) is 6.61. The van der Waals surface area contributed by atoms with Crippen LogP contribution in [0.4, 0.5) is 11.4 Å². The van der Waals surface area contributed by atoms with Gasteiger partial charge in [-0.15, -0.1) is 0 Å². The van der Waals surface area contributed by atoms with Crippen LogP contribution in [0.1, 0.15) is 45.2 Å². The minimum Gasteiger partial charge on any atom is -0.484 e. The molecule has 0 unspecified atom stereocenters. The Bertz CT molecular complexity index is 805. The topological polar surface area (TPSA) is 67.4 Å². The molecule has 27 heavy (non-hydrogen) atoms. The molecule has 2 aromatic carbocycles. The van der Waals surface area contributed by atoms with Crippen LogP contribution in [0.25, 0.3) is 0 Å². The van der Waals surface area contributed by atoms with Crippen LogP contribution < -0.4 is 15.4 Å². The van der Waals surface area contributed by atoms with Crippen molar-refractivity contribution in [2.24, 2.45) is 0 Å². The lowest BCUT2D eigenvalue weighted by Crippen LogP contribution is -2.20. The lowest BCUT2D eigenvalue weighted by Gasteiger charge is -2.19. The van der Waals surface area contributed by atoms with E-state index < -0.39 is 0 Å². The summed E-state index contributed by atoms with van der Waals surface area (Å²) in [7, 11) is 0. The van der Waals surface area contributed by atoms with Crippen molar-refractivity contribution in [1.29, 1.82) is 0 Å². The summed E-state index contributed by atoms with van der Waals surface area (Å²) in [5.41, 5.74) is 3.53. The molecule has 0 aromatic heterocycles. The number of aryl methyl sites for hydroxylation is 1. The molecule has 0 atom stereocenters. The summed E-state index contributed by atoms with van der Waals surface area (Å²) in [5.74, 6) is 0.327. The molecular weight excluding hydrogens is 340 g/mol. The maximum atomic E-state index is 12.2. The van der Waals surface area contributed by atoms with Gasteiger partial charge in [0.1, 0.15) is 5.75 Å². The van der Waals surface area contributed by atoms with Gasteiger partial charge in [-0.3, -0.25) is 9.59 Å². The van der Waals surface area contributed by atoms with Gasteiger partial charge in [0, 0.05) is 17.8 Å². The highest BCUT2D eigenvalue weighted by molar-refractivity contribution is 5.95. The van der Waals surface area contributed by atoms with Gasteiger partial charge < -0.3 is 15.4 Å². The predicted molar refractivity (Wildman–Crippen MR) is 109 cm³/mol.